The van der Waals surface area contributed by atoms with Crippen molar-refractivity contribution in [3.8, 4) is 12.3 Å². The number of anilines is 2. The molecule has 2 heterocycles. The zero-order valence-electron chi connectivity index (χ0n) is 9.67. The van der Waals surface area contributed by atoms with E-state index in [1.165, 1.54) is 0 Å². The number of rotatable bonds is 2. The van der Waals surface area contributed by atoms with Crippen LogP contribution in [0.15, 0.2) is 54.9 Å². The Hall–Kier alpha value is -2.73. The molecule has 18 heavy (non-hydrogen) atoms. The number of nitrogens with one attached hydrogen (secondary N) is 1. The largest absolute Gasteiger partial charge is 0.352 e. The van der Waals surface area contributed by atoms with Crippen molar-refractivity contribution in [1.29, 1.82) is 0 Å². The van der Waals surface area contributed by atoms with Crippen LogP contribution >= 0.6 is 0 Å². The molecule has 0 unspecified atom stereocenters. The third kappa shape index (κ3) is 1.70. The number of aromatic nitrogens is 2. The lowest BCUT2D eigenvalue weighted by molar-refractivity contribution is 1.16. The van der Waals surface area contributed by atoms with Crippen LogP contribution in [0.2, 0.25) is 0 Å². The number of fused-ring (bicyclic) bond motifs is 1. The predicted molar refractivity (Wildman–Crippen MR) is 72.9 cm³/mol. The van der Waals surface area contributed by atoms with Crippen LogP contribution in [0.3, 0.4) is 0 Å². The molecule has 3 rings (SSSR count). The van der Waals surface area contributed by atoms with Crippen molar-refractivity contribution in [1.82, 2.24) is 9.38 Å². The van der Waals surface area contributed by atoms with Crippen molar-refractivity contribution in [3.05, 3.63) is 60.6 Å². The Bertz CT molecular complexity index is 720. The molecule has 0 radical (unpaired) electrons. The van der Waals surface area contributed by atoms with Crippen LogP contribution in [0, 0.1) is 12.3 Å². The molecule has 1 aromatic carbocycles. The van der Waals surface area contributed by atoms with E-state index < -0.39 is 0 Å². The lowest BCUT2D eigenvalue weighted by Gasteiger charge is -2.07. The standard InChI is InChI=1S/C15H11N3/c1-2-13-11-16-15-14(9-6-10-18(13)15)17-12-7-4-3-5-8-12/h1,3-11,17H. The van der Waals surface area contributed by atoms with Crippen molar-refractivity contribution in [2.45, 2.75) is 0 Å². The highest BCUT2D eigenvalue weighted by Crippen LogP contribution is 2.21. The van der Waals surface area contributed by atoms with Crippen LogP contribution < -0.4 is 5.32 Å². The molecule has 0 aliphatic heterocycles. The summed E-state index contributed by atoms with van der Waals surface area (Å²) in [5.74, 6) is 2.61. The molecule has 0 amide bonds. The molecule has 1 N–H and O–H groups in total. The van der Waals surface area contributed by atoms with Crippen LogP contribution in [0.1, 0.15) is 5.69 Å². The molecule has 0 bridgehead atoms. The number of pyridine rings is 1. The van der Waals surface area contributed by atoms with E-state index in [2.05, 4.69) is 16.2 Å². The molecule has 0 atom stereocenters. The van der Waals surface area contributed by atoms with Crippen LogP contribution in [0.25, 0.3) is 5.65 Å². The molecule has 86 valence electrons. The van der Waals surface area contributed by atoms with E-state index >= 15 is 0 Å². The minimum absolute atomic E-state index is 0.752. The van der Waals surface area contributed by atoms with Gasteiger partial charge in [-0.1, -0.05) is 24.1 Å². The molecule has 2 aromatic heterocycles. The van der Waals surface area contributed by atoms with Crippen LogP contribution in [0.4, 0.5) is 11.4 Å². The zero-order chi connectivity index (χ0) is 12.4. The fourth-order valence-corrected chi connectivity index (χ4v) is 1.89. The molecule has 0 aliphatic rings. The maximum Gasteiger partial charge on any atom is 0.161 e. The first-order valence-corrected chi connectivity index (χ1v) is 5.63. The highest BCUT2D eigenvalue weighted by molar-refractivity contribution is 5.74. The lowest BCUT2D eigenvalue weighted by Crippen LogP contribution is -1.95. The van der Waals surface area contributed by atoms with Crippen molar-refractivity contribution >= 4 is 17.0 Å². The molecule has 0 saturated carbocycles. The molecule has 3 nitrogen and oxygen atoms in total. The van der Waals surface area contributed by atoms with Gasteiger partial charge in [0.15, 0.2) is 5.65 Å². The third-order valence-corrected chi connectivity index (χ3v) is 2.74. The van der Waals surface area contributed by atoms with Gasteiger partial charge in [-0.2, -0.15) is 0 Å². The van der Waals surface area contributed by atoms with Crippen molar-refractivity contribution in [3.63, 3.8) is 0 Å². The van der Waals surface area contributed by atoms with E-state index in [4.69, 9.17) is 6.42 Å². The van der Waals surface area contributed by atoms with Gasteiger partial charge in [0, 0.05) is 11.9 Å². The maximum absolute atomic E-state index is 5.43. The van der Waals surface area contributed by atoms with Gasteiger partial charge >= 0.3 is 0 Å². The molecule has 3 aromatic rings. The topological polar surface area (TPSA) is 29.3 Å². The zero-order valence-corrected chi connectivity index (χ0v) is 9.67. The monoisotopic (exact) mass is 233 g/mol. The molecular formula is C15H11N3. The Morgan fingerprint density at radius 1 is 1.11 bits per heavy atom. The fraction of sp³-hybridized carbons (Fsp3) is 0. The van der Waals surface area contributed by atoms with Crippen molar-refractivity contribution in [2.75, 3.05) is 5.32 Å². The summed E-state index contributed by atoms with van der Waals surface area (Å²) in [5, 5.41) is 3.33. The number of imidazole rings is 1. The van der Waals surface area contributed by atoms with Crippen LogP contribution in [0.5, 0.6) is 0 Å². The average Bonchev–Trinajstić information content (AvgIpc) is 2.84. The second-order valence-corrected chi connectivity index (χ2v) is 3.89. The van der Waals surface area contributed by atoms with Gasteiger partial charge in [-0.05, 0) is 24.3 Å². The minimum Gasteiger partial charge on any atom is -0.352 e. The first-order valence-electron chi connectivity index (χ1n) is 5.63. The molecule has 0 spiro atoms. The first kappa shape index (κ1) is 10.4. The van der Waals surface area contributed by atoms with Crippen molar-refractivity contribution < 1.29 is 0 Å². The van der Waals surface area contributed by atoms with Gasteiger partial charge < -0.3 is 5.32 Å². The number of nitrogens with zero attached hydrogens (tertiary/aromatic N) is 2. The van der Waals surface area contributed by atoms with Crippen LogP contribution in [-0.2, 0) is 0 Å². The first-order chi connectivity index (χ1) is 8.88. The van der Waals surface area contributed by atoms with E-state index in [0.29, 0.717) is 0 Å². The van der Waals surface area contributed by atoms with E-state index in [0.717, 1.165) is 22.7 Å². The second-order valence-electron chi connectivity index (χ2n) is 3.89. The van der Waals surface area contributed by atoms with Gasteiger partial charge in [-0.15, -0.1) is 6.42 Å². The quantitative estimate of drug-likeness (QED) is 0.689. The number of benzene rings is 1. The summed E-state index contributed by atoms with van der Waals surface area (Å²) in [6.45, 7) is 0. The van der Waals surface area contributed by atoms with E-state index in [9.17, 15) is 0 Å². The Morgan fingerprint density at radius 2 is 1.94 bits per heavy atom. The summed E-state index contributed by atoms with van der Waals surface area (Å²) in [4.78, 5) is 4.34. The minimum atomic E-state index is 0.752. The summed E-state index contributed by atoms with van der Waals surface area (Å²) in [7, 11) is 0. The normalized spacial score (nSPS) is 10.2. The lowest BCUT2D eigenvalue weighted by atomic mass is 10.3. The smallest absolute Gasteiger partial charge is 0.161 e. The number of hydrogen-bond donors (Lipinski definition) is 1. The maximum atomic E-state index is 5.43. The van der Waals surface area contributed by atoms with Gasteiger partial charge in [0.2, 0.25) is 0 Å². The summed E-state index contributed by atoms with van der Waals surface area (Å²) >= 11 is 0. The summed E-state index contributed by atoms with van der Waals surface area (Å²) in [6, 6.07) is 13.9. The Labute approximate surface area is 105 Å². The van der Waals surface area contributed by atoms with E-state index in [1.807, 2.05) is 53.1 Å². The predicted octanol–water partition coefficient (Wildman–Crippen LogP) is 3.06. The molecule has 0 saturated heterocycles. The second kappa shape index (κ2) is 4.27. The SMILES string of the molecule is C#Cc1cnc2c(Nc3ccccc3)cccn12. The number of para-hydroxylation sites is 1. The molecule has 3 heteroatoms. The molecular weight excluding hydrogens is 222 g/mol. The molecule has 0 fully saturated rings. The number of hydrogen-bond acceptors (Lipinski definition) is 2. The summed E-state index contributed by atoms with van der Waals surface area (Å²) in [5.41, 5.74) is 3.54. The summed E-state index contributed by atoms with van der Waals surface area (Å²) < 4.78 is 1.89. The van der Waals surface area contributed by atoms with Gasteiger partial charge in [0.1, 0.15) is 5.69 Å². The fourth-order valence-electron chi connectivity index (χ4n) is 1.89. The highest BCUT2D eigenvalue weighted by atomic mass is 15.0. The Kier molecular flexibility index (Phi) is 2.47. The van der Waals surface area contributed by atoms with Crippen LogP contribution in [-0.4, -0.2) is 9.38 Å². The van der Waals surface area contributed by atoms with E-state index in [1.54, 1.807) is 6.20 Å². The highest BCUT2D eigenvalue weighted by Gasteiger charge is 2.05. The Balaban J connectivity index is 2.08. The number of terminal acetylenes is 1. The van der Waals surface area contributed by atoms with Gasteiger partial charge in [0.25, 0.3) is 0 Å². The average molecular weight is 233 g/mol. The van der Waals surface area contributed by atoms with Gasteiger partial charge in [0.05, 0.1) is 11.9 Å². The van der Waals surface area contributed by atoms with Gasteiger partial charge in [-0.3, -0.25) is 4.40 Å². The third-order valence-electron chi connectivity index (χ3n) is 2.74. The molecule has 0 aliphatic carbocycles. The van der Waals surface area contributed by atoms with E-state index in [-0.39, 0.29) is 0 Å². The summed E-state index contributed by atoms with van der Waals surface area (Å²) in [6.07, 6.45) is 9.04. The Morgan fingerprint density at radius 3 is 2.72 bits per heavy atom. The van der Waals surface area contributed by atoms with Gasteiger partial charge in [-0.25, -0.2) is 4.98 Å². The van der Waals surface area contributed by atoms with Crippen molar-refractivity contribution in [2.24, 2.45) is 0 Å².